The SMILES string of the molecule is CC1(C)OCC(CO)(N2CC(CN=[N+]=[N-])CC2=O)CO1. The van der Waals surface area contributed by atoms with Gasteiger partial charge in [0.1, 0.15) is 5.54 Å². The van der Waals surface area contributed by atoms with Crippen LogP contribution in [0.2, 0.25) is 0 Å². The maximum atomic E-state index is 12.1. The molecule has 0 spiro atoms. The van der Waals surface area contributed by atoms with Gasteiger partial charge in [-0.3, -0.25) is 4.79 Å². The van der Waals surface area contributed by atoms with E-state index < -0.39 is 11.3 Å². The van der Waals surface area contributed by atoms with Crippen molar-refractivity contribution >= 4 is 5.91 Å². The summed E-state index contributed by atoms with van der Waals surface area (Å²) in [7, 11) is 0. The molecule has 0 saturated carbocycles. The first kappa shape index (κ1) is 15.1. The van der Waals surface area contributed by atoms with Gasteiger partial charge in [-0.1, -0.05) is 5.11 Å². The highest BCUT2D eigenvalue weighted by atomic mass is 16.7. The molecule has 2 aliphatic rings. The Balaban J connectivity index is 2.08. The van der Waals surface area contributed by atoms with Gasteiger partial charge >= 0.3 is 0 Å². The van der Waals surface area contributed by atoms with Crippen LogP contribution in [0, 0.1) is 5.92 Å². The van der Waals surface area contributed by atoms with Crippen LogP contribution in [0.3, 0.4) is 0 Å². The Hall–Kier alpha value is -1.34. The van der Waals surface area contributed by atoms with Gasteiger partial charge in [0, 0.05) is 24.4 Å². The fourth-order valence-corrected chi connectivity index (χ4v) is 2.55. The molecule has 8 heteroatoms. The van der Waals surface area contributed by atoms with Gasteiger partial charge in [0.15, 0.2) is 5.79 Å². The van der Waals surface area contributed by atoms with Crippen molar-refractivity contribution < 1.29 is 19.4 Å². The third-order valence-corrected chi connectivity index (χ3v) is 3.85. The molecule has 2 rings (SSSR count). The first-order valence-electron chi connectivity index (χ1n) is 6.62. The lowest BCUT2D eigenvalue weighted by Gasteiger charge is -2.47. The van der Waals surface area contributed by atoms with Crippen LogP contribution in [-0.4, -0.2) is 60.1 Å². The predicted octanol–water partition coefficient (Wildman–Crippen LogP) is 0.659. The monoisotopic (exact) mass is 284 g/mol. The van der Waals surface area contributed by atoms with Gasteiger partial charge in [-0.25, -0.2) is 0 Å². The number of nitrogens with zero attached hydrogens (tertiary/aromatic N) is 4. The minimum Gasteiger partial charge on any atom is -0.394 e. The van der Waals surface area contributed by atoms with Crippen molar-refractivity contribution in [1.82, 2.24) is 4.90 Å². The Morgan fingerprint density at radius 1 is 1.50 bits per heavy atom. The molecule has 1 N–H and O–H groups in total. The molecule has 2 aliphatic heterocycles. The van der Waals surface area contributed by atoms with E-state index in [1.807, 2.05) is 0 Å². The fourth-order valence-electron chi connectivity index (χ4n) is 2.55. The van der Waals surface area contributed by atoms with Gasteiger partial charge in [-0.15, -0.1) is 0 Å². The molecule has 0 aromatic rings. The molecule has 0 aromatic carbocycles. The summed E-state index contributed by atoms with van der Waals surface area (Å²) in [6.45, 7) is 4.57. The van der Waals surface area contributed by atoms with Gasteiger partial charge in [0.05, 0.1) is 19.8 Å². The number of carbonyl (C=O) groups excluding carboxylic acids is 1. The zero-order valence-electron chi connectivity index (χ0n) is 11.8. The largest absolute Gasteiger partial charge is 0.394 e. The highest BCUT2D eigenvalue weighted by molar-refractivity contribution is 5.79. The van der Waals surface area contributed by atoms with Crippen LogP contribution in [0.4, 0.5) is 0 Å². The van der Waals surface area contributed by atoms with Crippen molar-refractivity contribution in [3.63, 3.8) is 0 Å². The second-order valence-electron chi connectivity index (χ2n) is 5.85. The Morgan fingerprint density at radius 3 is 2.70 bits per heavy atom. The molecule has 1 atom stereocenters. The van der Waals surface area contributed by atoms with Gasteiger partial charge < -0.3 is 19.5 Å². The third-order valence-electron chi connectivity index (χ3n) is 3.85. The fraction of sp³-hybridized carbons (Fsp3) is 0.917. The van der Waals surface area contributed by atoms with Gasteiger partial charge in [0.25, 0.3) is 0 Å². The summed E-state index contributed by atoms with van der Waals surface area (Å²) < 4.78 is 11.2. The molecular weight excluding hydrogens is 264 g/mol. The van der Waals surface area contributed by atoms with Crippen LogP contribution in [0.5, 0.6) is 0 Å². The summed E-state index contributed by atoms with van der Waals surface area (Å²) in [4.78, 5) is 16.5. The molecule has 112 valence electrons. The van der Waals surface area contributed by atoms with Crippen molar-refractivity contribution in [2.24, 2.45) is 11.0 Å². The van der Waals surface area contributed by atoms with Gasteiger partial charge in [0.2, 0.25) is 5.91 Å². The van der Waals surface area contributed by atoms with E-state index in [0.717, 1.165) is 0 Å². The molecule has 2 fully saturated rings. The number of hydrogen-bond donors (Lipinski definition) is 1. The third kappa shape index (κ3) is 2.88. The zero-order valence-corrected chi connectivity index (χ0v) is 11.8. The lowest BCUT2D eigenvalue weighted by Crippen LogP contribution is -2.63. The molecule has 0 aliphatic carbocycles. The molecule has 0 radical (unpaired) electrons. The molecule has 20 heavy (non-hydrogen) atoms. The molecule has 1 amide bonds. The van der Waals surface area contributed by atoms with Crippen molar-refractivity contribution in [2.45, 2.75) is 31.6 Å². The van der Waals surface area contributed by atoms with Crippen molar-refractivity contribution in [2.75, 3.05) is 32.9 Å². The summed E-state index contributed by atoms with van der Waals surface area (Å²) in [6.07, 6.45) is 0.324. The number of hydrogen-bond acceptors (Lipinski definition) is 5. The standard InChI is InChI=1S/C12H20N4O4/c1-11(2)19-7-12(6-17,8-20-11)16-5-9(3-10(16)18)4-14-15-13/h9,17H,3-8H2,1-2H3. The summed E-state index contributed by atoms with van der Waals surface area (Å²) in [5.74, 6) is -0.785. The number of azide groups is 1. The van der Waals surface area contributed by atoms with E-state index in [1.165, 1.54) is 0 Å². The molecular formula is C12H20N4O4. The van der Waals surface area contributed by atoms with Crippen molar-refractivity contribution in [1.29, 1.82) is 0 Å². The molecule has 2 heterocycles. The minimum atomic E-state index is -0.836. The van der Waals surface area contributed by atoms with Crippen LogP contribution in [0.1, 0.15) is 20.3 Å². The average molecular weight is 284 g/mol. The number of amides is 1. The Morgan fingerprint density at radius 2 is 2.15 bits per heavy atom. The van der Waals surface area contributed by atoms with Crippen LogP contribution in [0.25, 0.3) is 10.4 Å². The quantitative estimate of drug-likeness (QED) is 0.464. The first-order valence-corrected chi connectivity index (χ1v) is 6.62. The smallest absolute Gasteiger partial charge is 0.223 e. The van der Waals surface area contributed by atoms with Crippen molar-refractivity contribution in [3.05, 3.63) is 10.4 Å². The van der Waals surface area contributed by atoms with Crippen LogP contribution < -0.4 is 0 Å². The lowest BCUT2D eigenvalue weighted by molar-refractivity contribution is -0.288. The summed E-state index contributed by atoms with van der Waals surface area (Å²) >= 11 is 0. The second kappa shape index (κ2) is 5.57. The predicted molar refractivity (Wildman–Crippen MR) is 69.6 cm³/mol. The van der Waals surface area contributed by atoms with E-state index >= 15 is 0 Å². The summed E-state index contributed by atoms with van der Waals surface area (Å²) in [5.41, 5.74) is 7.51. The van der Waals surface area contributed by atoms with Gasteiger partial charge in [-0.05, 0) is 25.3 Å². The van der Waals surface area contributed by atoms with Gasteiger partial charge in [-0.2, -0.15) is 0 Å². The number of aliphatic hydroxyl groups is 1. The Bertz CT molecular complexity index is 423. The average Bonchev–Trinajstić information content (AvgIpc) is 2.79. The zero-order chi connectivity index (χ0) is 14.8. The highest BCUT2D eigenvalue weighted by Gasteiger charge is 2.49. The van der Waals surface area contributed by atoms with E-state index in [9.17, 15) is 9.90 Å². The summed E-state index contributed by atoms with van der Waals surface area (Å²) in [5, 5.41) is 13.2. The summed E-state index contributed by atoms with van der Waals surface area (Å²) in [6, 6.07) is 0. The first-order chi connectivity index (χ1) is 9.42. The Labute approximate surface area is 117 Å². The molecule has 0 bridgehead atoms. The normalized spacial score (nSPS) is 28.2. The van der Waals surface area contributed by atoms with Crippen molar-refractivity contribution in [3.8, 4) is 0 Å². The molecule has 1 unspecified atom stereocenters. The number of likely N-dealkylation sites (tertiary alicyclic amines) is 1. The molecule has 2 saturated heterocycles. The van der Waals surface area contributed by atoms with E-state index in [-0.39, 0.29) is 38.2 Å². The topological polar surface area (TPSA) is 108 Å². The van der Waals surface area contributed by atoms with Crippen LogP contribution in [-0.2, 0) is 14.3 Å². The second-order valence-corrected chi connectivity index (χ2v) is 5.85. The minimum absolute atomic E-state index is 0.0169. The maximum Gasteiger partial charge on any atom is 0.223 e. The van der Waals surface area contributed by atoms with Crippen LogP contribution >= 0.6 is 0 Å². The molecule has 0 aromatic heterocycles. The van der Waals surface area contributed by atoms with E-state index in [4.69, 9.17) is 15.0 Å². The molecule has 8 nitrogen and oxygen atoms in total. The lowest BCUT2D eigenvalue weighted by atomic mass is 9.99. The van der Waals surface area contributed by atoms with Crippen LogP contribution in [0.15, 0.2) is 5.11 Å². The van der Waals surface area contributed by atoms with E-state index in [0.29, 0.717) is 13.0 Å². The van der Waals surface area contributed by atoms with E-state index in [2.05, 4.69) is 10.0 Å². The number of carbonyl (C=O) groups is 1. The maximum absolute atomic E-state index is 12.1. The number of aliphatic hydroxyl groups excluding tert-OH is 1. The Kier molecular flexibility index (Phi) is 4.19. The number of rotatable bonds is 4. The number of ether oxygens (including phenoxy) is 2. The highest BCUT2D eigenvalue weighted by Crippen LogP contribution is 2.32. The van der Waals surface area contributed by atoms with E-state index in [1.54, 1.807) is 18.7 Å².